The zero-order valence-electron chi connectivity index (χ0n) is 17.4. The number of amides is 2. The highest BCUT2D eigenvalue weighted by Crippen LogP contribution is 2.22. The Kier molecular flexibility index (Phi) is 5.54. The van der Waals surface area contributed by atoms with Crippen LogP contribution in [0.5, 0.6) is 0 Å². The molecule has 5 rings (SSSR count). The summed E-state index contributed by atoms with van der Waals surface area (Å²) < 4.78 is 5.42. The van der Waals surface area contributed by atoms with Gasteiger partial charge in [0.05, 0.1) is 25.1 Å². The van der Waals surface area contributed by atoms with Gasteiger partial charge in [-0.2, -0.15) is 5.10 Å². The van der Waals surface area contributed by atoms with E-state index in [1.807, 2.05) is 35.2 Å². The number of anilines is 3. The standard InChI is InChI=1S/C23H26N6O2/c30-23(25-20-6-5-18-3-1-2-4-19(18)15-20)29-9-7-27(8-10-29)21-16-22(26-24-17-21)28-11-13-31-14-12-28/h1-6,15-17H,7-14H2,(H,25,30). The van der Waals surface area contributed by atoms with Gasteiger partial charge in [0.25, 0.3) is 0 Å². The van der Waals surface area contributed by atoms with Gasteiger partial charge in [-0.1, -0.05) is 30.3 Å². The van der Waals surface area contributed by atoms with Crippen LogP contribution in [0.25, 0.3) is 10.8 Å². The molecule has 3 aromatic rings. The van der Waals surface area contributed by atoms with Gasteiger partial charge in [0.15, 0.2) is 5.82 Å². The Morgan fingerprint density at radius 1 is 0.871 bits per heavy atom. The van der Waals surface area contributed by atoms with Gasteiger partial charge in [-0.3, -0.25) is 0 Å². The molecule has 2 aliphatic heterocycles. The normalized spacial score (nSPS) is 17.1. The molecule has 8 heteroatoms. The predicted molar refractivity (Wildman–Crippen MR) is 122 cm³/mol. The molecule has 0 radical (unpaired) electrons. The van der Waals surface area contributed by atoms with Crippen LogP contribution < -0.4 is 15.1 Å². The second kappa shape index (κ2) is 8.77. The van der Waals surface area contributed by atoms with Crippen molar-refractivity contribution in [2.45, 2.75) is 0 Å². The van der Waals surface area contributed by atoms with E-state index in [1.54, 1.807) is 6.20 Å². The molecule has 1 aromatic heterocycles. The van der Waals surface area contributed by atoms with Crippen LogP contribution in [-0.4, -0.2) is 73.6 Å². The Bertz CT molecular complexity index is 1060. The Morgan fingerprint density at radius 3 is 2.45 bits per heavy atom. The van der Waals surface area contributed by atoms with Crippen molar-refractivity contribution in [3.8, 4) is 0 Å². The average molecular weight is 419 g/mol. The fourth-order valence-electron chi connectivity index (χ4n) is 4.10. The summed E-state index contributed by atoms with van der Waals surface area (Å²) in [6.45, 7) is 5.96. The summed E-state index contributed by atoms with van der Waals surface area (Å²) in [5.41, 5.74) is 1.87. The van der Waals surface area contributed by atoms with Crippen molar-refractivity contribution >= 4 is 34.0 Å². The average Bonchev–Trinajstić information content (AvgIpc) is 2.85. The summed E-state index contributed by atoms with van der Waals surface area (Å²) in [5.74, 6) is 0.886. The van der Waals surface area contributed by atoms with Gasteiger partial charge in [0.1, 0.15) is 0 Å². The van der Waals surface area contributed by atoms with Crippen LogP contribution in [0, 0.1) is 0 Å². The van der Waals surface area contributed by atoms with E-state index in [1.165, 1.54) is 0 Å². The largest absolute Gasteiger partial charge is 0.378 e. The smallest absolute Gasteiger partial charge is 0.321 e. The molecule has 2 aromatic carbocycles. The number of rotatable bonds is 3. The topological polar surface area (TPSA) is 73.8 Å². The fourth-order valence-corrected chi connectivity index (χ4v) is 4.10. The van der Waals surface area contributed by atoms with E-state index in [9.17, 15) is 4.79 Å². The van der Waals surface area contributed by atoms with Crippen LogP contribution >= 0.6 is 0 Å². The number of carbonyl (C=O) groups excluding carboxylic acids is 1. The number of benzene rings is 2. The van der Waals surface area contributed by atoms with Gasteiger partial charge in [-0.15, -0.1) is 5.10 Å². The van der Waals surface area contributed by atoms with Crippen molar-refractivity contribution in [2.75, 3.05) is 67.6 Å². The van der Waals surface area contributed by atoms with Gasteiger partial charge in [-0.05, 0) is 22.9 Å². The third-order valence-electron chi connectivity index (χ3n) is 5.90. The van der Waals surface area contributed by atoms with E-state index in [0.717, 1.165) is 67.4 Å². The highest BCUT2D eigenvalue weighted by atomic mass is 16.5. The summed E-state index contributed by atoms with van der Waals surface area (Å²) in [6, 6.07) is 16.2. The molecule has 3 heterocycles. The molecule has 1 N–H and O–H groups in total. The van der Waals surface area contributed by atoms with Crippen molar-refractivity contribution in [2.24, 2.45) is 0 Å². The van der Waals surface area contributed by atoms with Crippen LogP contribution in [0.2, 0.25) is 0 Å². The molecule has 2 aliphatic rings. The SMILES string of the molecule is O=C(Nc1ccc2ccccc2c1)N1CCN(c2cnnc(N3CCOCC3)c2)CC1. The van der Waals surface area contributed by atoms with E-state index in [0.29, 0.717) is 13.1 Å². The Balaban J connectivity index is 1.19. The number of morpholine rings is 1. The van der Waals surface area contributed by atoms with E-state index in [4.69, 9.17) is 4.74 Å². The third kappa shape index (κ3) is 4.39. The zero-order valence-corrected chi connectivity index (χ0v) is 17.4. The summed E-state index contributed by atoms with van der Waals surface area (Å²) >= 11 is 0. The number of hydrogen-bond donors (Lipinski definition) is 1. The van der Waals surface area contributed by atoms with Crippen LogP contribution in [0.1, 0.15) is 0 Å². The maximum absolute atomic E-state index is 12.8. The number of aromatic nitrogens is 2. The number of piperazine rings is 1. The Hall–Kier alpha value is -3.39. The maximum Gasteiger partial charge on any atom is 0.321 e. The van der Waals surface area contributed by atoms with Crippen molar-refractivity contribution in [3.05, 3.63) is 54.7 Å². The lowest BCUT2D eigenvalue weighted by atomic mass is 10.1. The minimum Gasteiger partial charge on any atom is -0.378 e. The Morgan fingerprint density at radius 2 is 1.65 bits per heavy atom. The summed E-state index contributed by atoms with van der Waals surface area (Å²) in [4.78, 5) is 19.1. The van der Waals surface area contributed by atoms with Crippen LogP contribution in [-0.2, 0) is 4.74 Å². The quantitative estimate of drug-likeness (QED) is 0.705. The van der Waals surface area contributed by atoms with Crippen LogP contribution in [0.3, 0.4) is 0 Å². The molecule has 2 amide bonds. The molecule has 2 fully saturated rings. The monoisotopic (exact) mass is 418 g/mol. The number of nitrogens with one attached hydrogen (secondary N) is 1. The molecule has 0 unspecified atom stereocenters. The van der Waals surface area contributed by atoms with Gasteiger partial charge in [0.2, 0.25) is 0 Å². The number of urea groups is 1. The van der Waals surface area contributed by atoms with Crippen LogP contribution in [0.15, 0.2) is 54.7 Å². The van der Waals surface area contributed by atoms with Gasteiger partial charge in [-0.25, -0.2) is 4.79 Å². The molecule has 0 atom stereocenters. The number of nitrogens with zero attached hydrogens (tertiary/aromatic N) is 5. The van der Waals surface area contributed by atoms with Crippen molar-refractivity contribution in [1.29, 1.82) is 0 Å². The van der Waals surface area contributed by atoms with Crippen molar-refractivity contribution in [3.63, 3.8) is 0 Å². The molecular formula is C23H26N6O2. The molecule has 0 saturated carbocycles. The summed E-state index contributed by atoms with van der Waals surface area (Å²) in [6.07, 6.45) is 1.80. The number of fused-ring (bicyclic) bond motifs is 1. The first kappa shape index (κ1) is 19.6. The number of ether oxygens (including phenoxy) is 1. The first-order valence-corrected chi connectivity index (χ1v) is 10.7. The van der Waals surface area contributed by atoms with E-state index in [-0.39, 0.29) is 6.03 Å². The lowest BCUT2D eigenvalue weighted by Crippen LogP contribution is -2.50. The molecule has 0 spiro atoms. The second-order valence-corrected chi connectivity index (χ2v) is 7.84. The molecule has 8 nitrogen and oxygen atoms in total. The molecular weight excluding hydrogens is 392 g/mol. The van der Waals surface area contributed by atoms with Gasteiger partial charge < -0.3 is 24.8 Å². The zero-order chi connectivity index (χ0) is 21.0. The van der Waals surface area contributed by atoms with Gasteiger partial charge >= 0.3 is 6.03 Å². The van der Waals surface area contributed by atoms with E-state index in [2.05, 4.69) is 43.5 Å². The molecule has 160 valence electrons. The lowest BCUT2D eigenvalue weighted by Gasteiger charge is -2.36. The number of hydrogen-bond acceptors (Lipinski definition) is 6. The van der Waals surface area contributed by atoms with Crippen molar-refractivity contribution in [1.82, 2.24) is 15.1 Å². The fraction of sp³-hybridized carbons (Fsp3) is 0.348. The first-order valence-electron chi connectivity index (χ1n) is 10.7. The third-order valence-corrected chi connectivity index (χ3v) is 5.90. The predicted octanol–water partition coefficient (Wildman–Crippen LogP) is 2.82. The second-order valence-electron chi connectivity index (χ2n) is 7.84. The maximum atomic E-state index is 12.8. The summed E-state index contributed by atoms with van der Waals surface area (Å²) in [5, 5.41) is 13.8. The molecule has 0 bridgehead atoms. The minimum absolute atomic E-state index is 0.0585. The molecule has 31 heavy (non-hydrogen) atoms. The van der Waals surface area contributed by atoms with Crippen LogP contribution in [0.4, 0.5) is 22.0 Å². The van der Waals surface area contributed by atoms with E-state index >= 15 is 0 Å². The van der Waals surface area contributed by atoms with Crippen molar-refractivity contribution < 1.29 is 9.53 Å². The highest BCUT2D eigenvalue weighted by Gasteiger charge is 2.23. The molecule has 2 saturated heterocycles. The first-order chi connectivity index (χ1) is 15.3. The number of carbonyl (C=O) groups is 1. The molecule has 0 aliphatic carbocycles. The highest BCUT2D eigenvalue weighted by molar-refractivity contribution is 5.93. The van der Waals surface area contributed by atoms with Gasteiger partial charge in [0, 0.05) is 51.0 Å². The Labute approximate surface area is 181 Å². The lowest BCUT2D eigenvalue weighted by molar-refractivity contribution is 0.122. The van der Waals surface area contributed by atoms with E-state index < -0.39 is 0 Å². The summed E-state index contributed by atoms with van der Waals surface area (Å²) in [7, 11) is 0. The minimum atomic E-state index is -0.0585.